The summed E-state index contributed by atoms with van der Waals surface area (Å²) in [4.78, 5) is 0. The van der Waals surface area contributed by atoms with Gasteiger partial charge in [-0.1, -0.05) is 13.3 Å². The molecule has 0 spiro atoms. The number of aromatic nitrogens is 2. The number of nitrogens with two attached hydrogens (primary N) is 1. The molecule has 0 amide bonds. The molecule has 1 aromatic heterocycles. The van der Waals surface area contributed by atoms with Gasteiger partial charge in [-0.2, -0.15) is 5.10 Å². The molecule has 0 saturated heterocycles. The van der Waals surface area contributed by atoms with Crippen LogP contribution in [0.25, 0.3) is 0 Å². The SMILES string of the molecule is C[C@@H]1CC[C@@H]1Cn1ccc(CN)n1. The normalized spacial score (nSPS) is 27.2. The average Bonchev–Trinajstić information content (AvgIpc) is 2.59. The van der Waals surface area contributed by atoms with Crippen LogP contribution in [0.1, 0.15) is 25.5 Å². The van der Waals surface area contributed by atoms with E-state index in [1.807, 2.05) is 16.9 Å². The molecule has 1 aliphatic rings. The smallest absolute Gasteiger partial charge is 0.0760 e. The molecule has 0 unspecified atom stereocenters. The van der Waals surface area contributed by atoms with Crippen LogP contribution in [0.3, 0.4) is 0 Å². The van der Waals surface area contributed by atoms with Crippen molar-refractivity contribution in [1.29, 1.82) is 0 Å². The molecule has 3 nitrogen and oxygen atoms in total. The van der Waals surface area contributed by atoms with Gasteiger partial charge in [0.25, 0.3) is 0 Å². The topological polar surface area (TPSA) is 43.8 Å². The maximum absolute atomic E-state index is 5.49. The maximum atomic E-state index is 5.49. The van der Waals surface area contributed by atoms with Crippen LogP contribution in [0.15, 0.2) is 12.3 Å². The lowest BCUT2D eigenvalue weighted by Crippen LogP contribution is -2.27. The van der Waals surface area contributed by atoms with Crippen molar-refractivity contribution in [3.05, 3.63) is 18.0 Å². The van der Waals surface area contributed by atoms with Gasteiger partial charge >= 0.3 is 0 Å². The zero-order valence-electron chi connectivity index (χ0n) is 8.11. The summed E-state index contributed by atoms with van der Waals surface area (Å²) in [5.41, 5.74) is 6.48. The van der Waals surface area contributed by atoms with E-state index in [0.29, 0.717) is 6.54 Å². The molecule has 0 aromatic carbocycles. The lowest BCUT2D eigenvalue weighted by atomic mass is 9.75. The van der Waals surface area contributed by atoms with Gasteiger partial charge in [-0.15, -0.1) is 0 Å². The summed E-state index contributed by atoms with van der Waals surface area (Å²) < 4.78 is 2.03. The van der Waals surface area contributed by atoms with Gasteiger partial charge in [0.05, 0.1) is 5.69 Å². The van der Waals surface area contributed by atoms with Crippen LogP contribution in [0.4, 0.5) is 0 Å². The zero-order chi connectivity index (χ0) is 9.26. The molecule has 0 radical (unpaired) electrons. The molecule has 2 rings (SSSR count). The molecule has 72 valence electrons. The predicted octanol–water partition coefficient (Wildman–Crippen LogP) is 1.39. The van der Waals surface area contributed by atoms with E-state index in [4.69, 9.17) is 5.73 Å². The van der Waals surface area contributed by atoms with Gasteiger partial charge in [0.1, 0.15) is 0 Å². The Bertz CT molecular complexity index is 279. The van der Waals surface area contributed by atoms with Gasteiger partial charge in [0.15, 0.2) is 0 Å². The van der Waals surface area contributed by atoms with Crippen molar-refractivity contribution in [3.63, 3.8) is 0 Å². The molecule has 1 saturated carbocycles. The molecule has 1 aromatic rings. The average molecular weight is 179 g/mol. The van der Waals surface area contributed by atoms with Crippen LogP contribution in [-0.2, 0) is 13.1 Å². The molecule has 1 fully saturated rings. The molecule has 0 bridgehead atoms. The van der Waals surface area contributed by atoms with Gasteiger partial charge in [-0.05, 0) is 24.3 Å². The Labute approximate surface area is 78.9 Å². The number of rotatable bonds is 3. The minimum absolute atomic E-state index is 0.549. The Balaban J connectivity index is 1.93. The number of hydrogen-bond donors (Lipinski definition) is 1. The van der Waals surface area contributed by atoms with E-state index in [2.05, 4.69) is 12.0 Å². The Morgan fingerprint density at radius 1 is 1.62 bits per heavy atom. The quantitative estimate of drug-likeness (QED) is 0.762. The summed E-state index contributed by atoms with van der Waals surface area (Å²) in [6, 6.07) is 2.00. The lowest BCUT2D eigenvalue weighted by Gasteiger charge is -2.33. The third-order valence-corrected chi connectivity index (χ3v) is 3.12. The van der Waals surface area contributed by atoms with Crippen molar-refractivity contribution >= 4 is 0 Å². The molecule has 1 aliphatic carbocycles. The van der Waals surface area contributed by atoms with Crippen molar-refractivity contribution in [3.8, 4) is 0 Å². The fourth-order valence-electron chi connectivity index (χ4n) is 1.86. The third kappa shape index (κ3) is 1.75. The molecule has 2 N–H and O–H groups in total. The highest BCUT2D eigenvalue weighted by Crippen LogP contribution is 2.34. The van der Waals surface area contributed by atoms with Gasteiger partial charge in [-0.3, -0.25) is 4.68 Å². The molecule has 0 aliphatic heterocycles. The minimum atomic E-state index is 0.549. The van der Waals surface area contributed by atoms with Crippen molar-refractivity contribution < 1.29 is 0 Å². The second-order valence-corrected chi connectivity index (χ2v) is 4.05. The summed E-state index contributed by atoms with van der Waals surface area (Å²) in [5.74, 6) is 1.72. The Hall–Kier alpha value is -0.830. The molecular weight excluding hydrogens is 162 g/mol. The first-order valence-electron chi connectivity index (χ1n) is 5.02. The van der Waals surface area contributed by atoms with Crippen LogP contribution >= 0.6 is 0 Å². The standard InChI is InChI=1S/C10H17N3/c1-8-2-3-9(8)7-13-5-4-10(6-11)12-13/h4-5,8-9H,2-3,6-7,11H2,1H3/t8-,9-/m1/s1. The summed E-state index contributed by atoms with van der Waals surface area (Å²) in [6.45, 7) is 3.94. The van der Waals surface area contributed by atoms with Crippen LogP contribution in [-0.4, -0.2) is 9.78 Å². The highest BCUT2D eigenvalue weighted by atomic mass is 15.3. The summed E-state index contributed by atoms with van der Waals surface area (Å²) in [6.07, 6.45) is 4.78. The van der Waals surface area contributed by atoms with E-state index in [1.54, 1.807) is 0 Å². The van der Waals surface area contributed by atoms with Crippen LogP contribution in [0, 0.1) is 11.8 Å². The van der Waals surface area contributed by atoms with Gasteiger partial charge in [0, 0.05) is 19.3 Å². The van der Waals surface area contributed by atoms with Crippen molar-refractivity contribution in [2.45, 2.75) is 32.9 Å². The Morgan fingerprint density at radius 3 is 2.92 bits per heavy atom. The highest BCUT2D eigenvalue weighted by molar-refractivity contribution is 4.98. The van der Waals surface area contributed by atoms with Crippen LogP contribution < -0.4 is 5.73 Å². The first-order chi connectivity index (χ1) is 6.29. The molecule has 1 heterocycles. The second kappa shape index (κ2) is 3.50. The van der Waals surface area contributed by atoms with Gasteiger partial charge < -0.3 is 5.73 Å². The monoisotopic (exact) mass is 179 g/mol. The fourth-order valence-corrected chi connectivity index (χ4v) is 1.86. The van der Waals surface area contributed by atoms with E-state index in [-0.39, 0.29) is 0 Å². The zero-order valence-corrected chi connectivity index (χ0v) is 8.11. The van der Waals surface area contributed by atoms with E-state index >= 15 is 0 Å². The Morgan fingerprint density at radius 2 is 2.46 bits per heavy atom. The molecule has 2 atom stereocenters. The first kappa shape index (κ1) is 8.75. The number of hydrogen-bond acceptors (Lipinski definition) is 2. The van der Waals surface area contributed by atoms with Crippen molar-refractivity contribution in [2.24, 2.45) is 17.6 Å². The highest BCUT2D eigenvalue weighted by Gasteiger charge is 2.26. The van der Waals surface area contributed by atoms with E-state index in [9.17, 15) is 0 Å². The van der Waals surface area contributed by atoms with Gasteiger partial charge in [0.2, 0.25) is 0 Å². The molecule has 13 heavy (non-hydrogen) atoms. The number of nitrogens with zero attached hydrogens (tertiary/aromatic N) is 2. The van der Waals surface area contributed by atoms with E-state index in [0.717, 1.165) is 24.1 Å². The predicted molar refractivity (Wildman–Crippen MR) is 52.0 cm³/mol. The van der Waals surface area contributed by atoms with E-state index in [1.165, 1.54) is 12.8 Å². The van der Waals surface area contributed by atoms with Gasteiger partial charge in [-0.25, -0.2) is 0 Å². The largest absolute Gasteiger partial charge is 0.325 e. The summed E-state index contributed by atoms with van der Waals surface area (Å²) >= 11 is 0. The Kier molecular flexibility index (Phi) is 2.36. The summed E-state index contributed by atoms with van der Waals surface area (Å²) in [7, 11) is 0. The molecule has 3 heteroatoms. The second-order valence-electron chi connectivity index (χ2n) is 4.05. The van der Waals surface area contributed by atoms with E-state index < -0.39 is 0 Å². The van der Waals surface area contributed by atoms with Crippen molar-refractivity contribution in [1.82, 2.24) is 9.78 Å². The van der Waals surface area contributed by atoms with Crippen LogP contribution in [0.5, 0.6) is 0 Å². The first-order valence-corrected chi connectivity index (χ1v) is 5.02. The fraction of sp³-hybridized carbons (Fsp3) is 0.700. The maximum Gasteiger partial charge on any atom is 0.0760 e. The van der Waals surface area contributed by atoms with Crippen LogP contribution in [0.2, 0.25) is 0 Å². The van der Waals surface area contributed by atoms with Crippen molar-refractivity contribution in [2.75, 3.05) is 0 Å². The lowest BCUT2D eigenvalue weighted by molar-refractivity contribution is 0.165. The third-order valence-electron chi connectivity index (χ3n) is 3.12. The summed E-state index contributed by atoms with van der Waals surface area (Å²) in [5, 5.41) is 4.38. The molecular formula is C10H17N3. The minimum Gasteiger partial charge on any atom is -0.325 e.